The number of ketones is 1. The van der Waals surface area contributed by atoms with E-state index in [1.807, 2.05) is 6.08 Å². The molecular formula is C23H32O3. The molecule has 142 valence electrons. The smallest absolute Gasteiger partial charge is 0.308 e. The van der Waals surface area contributed by atoms with Crippen LogP contribution in [0.1, 0.15) is 65.7 Å². The quantitative estimate of drug-likeness (QED) is 0.524. The Morgan fingerprint density at radius 2 is 2.00 bits per heavy atom. The average molecular weight is 357 g/mol. The molecular weight excluding hydrogens is 324 g/mol. The molecule has 0 aromatic carbocycles. The second-order valence-electron chi connectivity index (χ2n) is 9.58. The number of carbonyl (C=O) groups excluding carboxylic acids is 2. The largest absolute Gasteiger partial charge is 0.469 e. The van der Waals surface area contributed by atoms with E-state index in [-0.39, 0.29) is 22.7 Å². The minimum Gasteiger partial charge on any atom is -0.469 e. The van der Waals surface area contributed by atoms with E-state index in [0.29, 0.717) is 30.0 Å². The monoisotopic (exact) mass is 356 g/mol. The van der Waals surface area contributed by atoms with Gasteiger partial charge in [0.2, 0.25) is 0 Å². The highest BCUT2D eigenvalue weighted by molar-refractivity contribution is 5.92. The van der Waals surface area contributed by atoms with E-state index in [4.69, 9.17) is 4.74 Å². The minimum absolute atomic E-state index is 0.0214. The molecule has 0 aromatic rings. The van der Waals surface area contributed by atoms with Gasteiger partial charge in [0, 0.05) is 11.8 Å². The van der Waals surface area contributed by atoms with Crippen molar-refractivity contribution >= 4 is 11.8 Å². The van der Waals surface area contributed by atoms with Crippen molar-refractivity contribution in [3.8, 4) is 0 Å². The average Bonchev–Trinajstić information content (AvgIpc) is 2.98. The van der Waals surface area contributed by atoms with Crippen LogP contribution >= 0.6 is 0 Å². The van der Waals surface area contributed by atoms with Crippen molar-refractivity contribution in [1.29, 1.82) is 0 Å². The normalized spacial score (nSPS) is 42.8. The molecule has 0 N–H and O–H groups in total. The molecule has 4 rings (SSSR count). The minimum atomic E-state index is -0.0572. The van der Waals surface area contributed by atoms with Crippen LogP contribution in [0.2, 0.25) is 0 Å². The zero-order valence-electron chi connectivity index (χ0n) is 16.6. The fourth-order valence-corrected chi connectivity index (χ4v) is 7.07. The van der Waals surface area contributed by atoms with Gasteiger partial charge in [-0.25, -0.2) is 0 Å². The second kappa shape index (κ2) is 6.07. The zero-order valence-corrected chi connectivity index (χ0v) is 16.6. The van der Waals surface area contributed by atoms with Gasteiger partial charge < -0.3 is 4.74 Å². The van der Waals surface area contributed by atoms with Crippen LogP contribution in [-0.4, -0.2) is 18.9 Å². The molecule has 0 aliphatic heterocycles. The lowest BCUT2D eigenvalue weighted by Gasteiger charge is -2.54. The molecule has 0 heterocycles. The van der Waals surface area contributed by atoms with E-state index in [1.165, 1.54) is 25.5 Å². The van der Waals surface area contributed by atoms with Crippen LogP contribution in [0.15, 0.2) is 23.3 Å². The molecule has 0 amide bonds. The van der Waals surface area contributed by atoms with Gasteiger partial charge in [0.1, 0.15) is 0 Å². The van der Waals surface area contributed by atoms with Crippen molar-refractivity contribution in [3.05, 3.63) is 23.3 Å². The van der Waals surface area contributed by atoms with Crippen molar-refractivity contribution in [1.82, 2.24) is 0 Å². The number of ether oxygens (including phenoxy) is 1. The maximum atomic E-state index is 12.2. The van der Waals surface area contributed by atoms with Crippen LogP contribution in [0.25, 0.3) is 0 Å². The fraction of sp³-hybridized carbons (Fsp3) is 0.739. The molecule has 6 atom stereocenters. The lowest BCUT2D eigenvalue weighted by molar-refractivity contribution is -0.148. The van der Waals surface area contributed by atoms with Gasteiger partial charge in [0.05, 0.1) is 13.0 Å². The van der Waals surface area contributed by atoms with Gasteiger partial charge in [-0.05, 0) is 67.8 Å². The Morgan fingerprint density at radius 3 is 2.73 bits per heavy atom. The molecule has 0 radical (unpaired) electrons. The number of esters is 1. The Kier molecular flexibility index (Phi) is 4.20. The summed E-state index contributed by atoms with van der Waals surface area (Å²) in [7, 11) is 1.51. The summed E-state index contributed by atoms with van der Waals surface area (Å²) >= 11 is 0. The first-order chi connectivity index (χ1) is 12.3. The van der Waals surface area contributed by atoms with Gasteiger partial charge in [-0.15, -0.1) is 0 Å². The molecule has 0 bridgehead atoms. The Bertz CT molecular complexity index is 702. The predicted octanol–water partition coefficient (Wildman–Crippen LogP) is 4.86. The first-order valence-corrected chi connectivity index (χ1v) is 10.3. The topological polar surface area (TPSA) is 43.4 Å². The molecule has 26 heavy (non-hydrogen) atoms. The summed E-state index contributed by atoms with van der Waals surface area (Å²) < 4.78 is 5.06. The molecule has 2 saturated carbocycles. The maximum Gasteiger partial charge on any atom is 0.308 e. The Labute approximate surface area is 157 Å². The van der Waals surface area contributed by atoms with Crippen LogP contribution < -0.4 is 0 Å². The standard InChI is InChI=1S/C23H32O3/c1-14(21(25)26-4)18-7-8-19-17-6-5-15-13-16(24)9-11-22(15,2)20(17)10-12-23(18,19)3/h10,13-14,17-19H,5-9,11-12H2,1-4H3/t14?,17-,18+,19-,22-,23+/m0/s1. The molecule has 3 heteroatoms. The SMILES string of the molecule is COC(=O)C(C)[C@H]1CC[C@H]2[C@@H]3CCC4=CC(=O)CC[C@]4(C)C3=CC[C@]12C. The van der Waals surface area contributed by atoms with Gasteiger partial charge >= 0.3 is 5.97 Å². The number of allylic oxidation sites excluding steroid dienone is 4. The lowest BCUT2D eigenvalue weighted by atomic mass is 9.50. The number of methoxy groups -OCH3 is 1. The van der Waals surface area contributed by atoms with Gasteiger partial charge in [0.25, 0.3) is 0 Å². The second-order valence-corrected chi connectivity index (χ2v) is 9.58. The van der Waals surface area contributed by atoms with E-state index < -0.39 is 0 Å². The molecule has 0 aromatic heterocycles. The van der Waals surface area contributed by atoms with Crippen molar-refractivity contribution < 1.29 is 14.3 Å². The molecule has 0 spiro atoms. The van der Waals surface area contributed by atoms with Gasteiger partial charge in [-0.1, -0.05) is 38.0 Å². The van der Waals surface area contributed by atoms with E-state index in [2.05, 4.69) is 26.8 Å². The van der Waals surface area contributed by atoms with E-state index >= 15 is 0 Å². The third kappa shape index (κ3) is 2.38. The molecule has 2 fully saturated rings. The number of hydrogen-bond donors (Lipinski definition) is 0. The van der Waals surface area contributed by atoms with Crippen molar-refractivity contribution in [2.75, 3.05) is 7.11 Å². The Balaban J connectivity index is 1.68. The summed E-state index contributed by atoms with van der Waals surface area (Å²) in [5, 5.41) is 0. The molecule has 4 aliphatic carbocycles. The lowest BCUT2D eigenvalue weighted by Crippen LogP contribution is -2.45. The molecule has 3 nitrogen and oxygen atoms in total. The summed E-state index contributed by atoms with van der Waals surface area (Å²) in [6, 6.07) is 0. The number of hydrogen-bond acceptors (Lipinski definition) is 3. The highest BCUT2D eigenvalue weighted by atomic mass is 16.5. The highest BCUT2D eigenvalue weighted by Gasteiger charge is 2.57. The van der Waals surface area contributed by atoms with Gasteiger partial charge in [-0.3, -0.25) is 9.59 Å². The molecule has 0 saturated heterocycles. The van der Waals surface area contributed by atoms with Crippen molar-refractivity contribution in [3.63, 3.8) is 0 Å². The summed E-state index contributed by atoms with van der Waals surface area (Å²) in [5.41, 5.74) is 3.28. The van der Waals surface area contributed by atoms with E-state index in [0.717, 1.165) is 25.7 Å². The third-order valence-electron chi connectivity index (χ3n) is 8.58. The summed E-state index contributed by atoms with van der Waals surface area (Å²) in [6.07, 6.45) is 11.8. The van der Waals surface area contributed by atoms with Crippen molar-refractivity contribution in [2.45, 2.75) is 65.7 Å². The predicted molar refractivity (Wildman–Crippen MR) is 101 cm³/mol. The third-order valence-corrected chi connectivity index (χ3v) is 8.58. The first kappa shape index (κ1) is 18.0. The van der Waals surface area contributed by atoms with E-state index in [1.54, 1.807) is 5.57 Å². The Morgan fingerprint density at radius 1 is 1.23 bits per heavy atom. The van der Waals surface area contributed by atoms with E-state index in [9.17, 15) is 9.59 Å². The number of rotatable bonds is 2. The zero-order chi connectivity index (χ0) is 18.7. The number of fused-ring (bicyclic) bond motifs is 5. The van der Waals surface area contributed by atoms with Gasteiger partial charge in [0.15, 0.2) is 5.78 Å². The van der Waals surface area contributed by atoms with Crippen LogP contribution in [-0.2, 0) is 14.3 Å². The molecule has 4 aliphatic rings. The summed E-state index contributed by atoms with van der Waals surface area (Å²) in [5.74, 6) is 1.93. The maximum absolute atomic E-state index is 12.2. The van der Waals surface area contributed by atoms with Crippen LogP contribution in [0.5, 0.6) is 0 Å². The fourth-order valence-electron chi connectivity index (χ4n) is 7.07. The van der Waals surface area contributed by atoms with Crippen molar-refractivity contribution in [2.24, 2.45) is 34.5 Å². The summed E-state index contributed by atoms with van der Waals surface area (Å²) in [4.78, 5) is 24.1. The highest BCUT2D eigenvalue weighted by Crippen LogP contribution is 2.65. The Hall–Kier alpha value is -1.38. The van der Waals surface area contributed by atoms with Gasteiger partial charge in [-0.2, -0.15) is 0 Å². The number of carbonyl (C=O) groups is 2. The summed E-state index contributed by atoms with van der Waals surface area (Å²) in [6.45, 7) is 6.84. The van der Waals surface area contributed by atoms with Crippen LogP contribution in [0.3, 0.4) is 0 Å². The molecule has 1 unspecified atom stereocenters. The van der Waals surface area contributed by atoms with Crippen LogP contribution in [0, 0.1) is 34.5 Å². The first-order valence-electron chi connectivity index (χ1n) is 10.3. The van der Waals surface area contributed by atoms with Crippen LogP contribution in [0.4, 0.5) is 0 Å².